The summed E-state index contributed by atoms with van der Waals surface area (Å²) in [6, 6.07) is 0. The minimum absolute atomic E-state index is 0.0880. The maximum absolute atomic E-state index is 4.66. The van der Waals surface area contributed by atoms with E-state index in [1.165, 1.54) is 0 Å². The van der Waals surface area contributed by atoms with Crippen LogP contribution in [-0.2, 0) is 0 Å². The summed E-state index contributed by atoms with van der Waals surface area (Å²) in [6.45, 7) is 1.89. The van der Waals surface area contributed by atoms with Crippen molar-refractivity contribution in [2.24, 2.45) is 0 Å². The number of hydrogen-bond acceptors (Lipinski definition) is 4. The van der Waals surface area contributed by atoms with Crippen LogP contribution in [0.5, 0.6) is 0 Å². The van der Waals surface area contributed by atoms with Crippen LogP contribution in [0, 0.1) is 0 Å². The Balaban J connectivity index is 2.77. The second-order valence-electron chi connectivity index (χ2n) is 1.50. The van der Waals surface area contributed by atoms with Gasteiger partial charge in [0.15, 0.2) is 5.76 Å². The van der Waals surface area contributed by atoms with Gasteiger partial charge in [0.1, 0.15) is 0 Å². The van der Waals surface area contributed by atoms with Crippen molar-refractivity contribution in [3.05, 3.63) is 12.0 Å². The fraction of sp³-hybridized carbons (Fsp3) is 0.500. The van der Waals surface area contributed by atoms with Crippen LogP contribution < -0.4 is 0 Å². The van der Waals surface area contributed by atoms with Gasteiger partial charge in [-0.15, -0.1) is 5.10 Å². The molecule has 0 fully saturated rings. The zero-order valence-electron chi connectivity index (χ0n) is 4.40. The molecule has 0 spiro atoms. The number of hydrogen-bond donors (Lipinski definition) is 1. The molecule has 8 heavy (non-hydrogen) atoms. The van der Waals surface area contributed by atoms with Gasteiger partial charge in [-0.1, -0.05) is 0 Å². The van der Waals surface area contributed by atoms with E-state index in [-0.39, 0.29) is 5.25 Å². The Morgan fingerprint density at radius 3 is 2.88 bits per heavy atom. The molecular weight excluding hydrogens is 124 g/mol. The molecule has 0 radical (unpaired) electrons. The van der Waals surface area contributed by atoms with Gasteiger partial charge in [0.05, 0.1) is 11.4 Å². The second kappa shape index (κ2) is 2.17. The highest BCUT2D eigenvalue weighted by atomic mass is 32.1. The molecule has 1 rings (SSSR count). The zero-order valence-corrected chi connectivity index (χ0v) is 5.30. The van der Waals surface area contributed by atoms with Crippen molar-refractivity contribution in [3.8, 4) is 0 Å². The predicted octanol–water partition coefficient (Wildman–Crippen LogP) is 1.06. The Bertz CT molecular complexity index is 149. The van der Waals surface area contributed by atoms with Crippen LogP contribution in [0.1, 0.15) is 17.9 Å². The molecule has 44 valence electrons. The van der Waals surface area contributed by atoms with Crippen LogP contribution in [0.3, 0.4) is 0 Å². The average molecular weight is 130 g/mol. The maximum Gasteiger partial charge on any atom is 0.169 e. The van der Waals surface area contributed by atoms with E-state index in [1.54, 1.807) is 6.20 Å². The highest BCUT2D eigenvalue weighted by Gasteiger charge is 2.02. The number of rotatable bonds is 1. The van der Waals surface area contributed by atoms with E-state index in [0.29, 0.717) is 5.76 Å². The van der Waals surface area contributed by atoms with Gasteiger partial charge < -0.3 is 4.52 Å². The van der Waals surface area contributed by atoms with Gasteiger partial charge in [-0.25, -0.2) is 0 Å². The van der Waals surface area contributed by atoms with Crippen molar-refractivity contribution in [1.29, 1.82) is 0 Å². The number of thiol groups is 1. The van der Waals surface area contributed by atoms with E-state index in [4.69, 9.17) is 0 Å². The van der Waals surface area contributed by atoms with Crippen LogP contribution in [0.25, 0.3) is 0 Å². The van der Waals surface area contributed by atoms with Crippen LogP contribution in [-0.4, -0.2) is 10.4 Å². The Labute approximate surface area is 52.5 Å². The predicted molar refractivity (Wildman–Crippen MR) is 31.7 cm³/mol. The average Bonchev–Trinajstić information content (AvgIpc) is 2.12. The summed E-state index contributed by atoms with van der Waals surface area (Å²) in [5, 5.41) is 6.84. The quantitative estimate of drug-likeness (QED) is 0.578. The molecule has 4 heteroatoms. The van der Waals surface area contributed by atoms with Crippen LogP contribution in [0.15, 0.2) is 10.7 Å². The highest BCUT2D eigenvalue weighted by Crippen LogP contribution is 2.15. The summed E-state index contributed by atoms with van der Waals surface area (Å²) in [5.74, 6) is 0.702. The molecule has 3 nitrogen and oxygen atoms in total. The first kappa shape index (κ1) is 5.62. The molecule has 0 N–H and O–H groups in total. The smallest absolute Gasteiger partial charge is 0.169 e. The third-order valence-corrected chi connectivity index (χ3v) is 1.04. The Morgan fingerprint density at radius 1 is 1.88 bits per heavy atom. The molecule has 0 saturated heterocycles. The van der Waals surface area contributed by atoms with Crippen molar-refractivity contribution >= 4 is 12.6 Å². The van der Waals surface area contributed by atoms with Crippen molar-refractivity contribution in [3.63, 3.8) is 0 Å². The van der Waals surface area contributed by atoms with Crippen molar-refractivity contribution < 1.29 is 4.52 Å². The van der Waals surface area contributed by atoms with Gasteiger partial charge in [-0.2, -0.15) is 12.6 Å². The van der Waals surface area contributed by atoms with Crippen molar-refractivity contribution in [2.45, 2.75) is 12.2 Å². The lowest BCUT2D eigenvalue weighted by Gasteiger charge is -1.90. The second-order valence-corrected chi connectivity index (χ2v) is 2.27. The van der Waals surface area contributed by atoms with E-state index in [9.17, 15) is 0 Å². The number of nitrogens with zero attached hydrogens (tertiary/aromatic N) is 2. The minimum Gasteiger partial charge on any atom is -0.341 e. The first-order valence-corrected chi connectivity index (χ1v) is 2.77. The molecule has 1 atom stereocenters. The molecular formula is C4H6N2OS. The molecule has 0 bridgehead atoms. The van der Waals surface area contributed by atoms with Gasteiger partial charge in [-0.3, -0.25) is 0 Å². The monoisotopic (exact) mass is 130 g/mol. The lowest BCUT2D eigenvalue weighted by atomic mass is 10.4. The first-order chi connectivity index (χ1) is 3.80. The Kier molecular flexibility index (Phi) is 1.53. The summed E-state index contributed by atoms with van der Waals surface area (Å²) >= 11 is 4.08. The summed E-state index contributed by atoms with van der Waals surface area (Å²) in [4.78, 5) is 0. The molecule has 1 aromatic rings. The molecule has 1 unspecified atom stereocenters. The van der Waals surface area contributed by atoms with E-state index >= 15 is 0 Å². The third-order valence-electron chi connectivity index (χ3n) is 0.790. The van der Waals surface area contributed by atoms with Gasteiger partial charge in [0.25, 0.3) is 0 Å². The van der Waals surface area contributed by atoms with E-state index in [2.05, 4.69) is 27.5 Å². The van der Waals surface area contributed by atoms with Gasteiger partial charge in [0, 0.05) is 5.27 Å². The van der Waals surface area contributed by atoms with E-state index < -0.39 is 0 Å². The largest absolute Gasteiger partial charge is 0.341 e. The van der Waals surface area contributed by atoms with E-state index in [1.807, 2.05) is 6.92 Å². The lowest BCUT2D eigenvalue weighted by Crippen LogP contribution is -1.76. The van der Waals surface area contributed by atoms with Gasteiger partial charge in [0.2, 0.25) is 0 Å². The lowest BCUT2D eigenvalue weighted by molar-refractivity contribution is 0.363. The molecule has 1 aromatic heterocycles. The molecule has 0 aliphatic heterocycles. The van der Waals surface area contributed by atoms with Gasteiger partial charge >= 0.3 is 0 Å². The van der Waals surface area contributed by atoms with E-state index in [0.717, 1.165) is 0 Å². The summed E-state index contributed by atoms with van der Waals surface area (Å²) < 4.78 is 4.66. The fourth-order valence-electron chi connectivity index (χ4n) is 0.359. The third kappa shape index (κ3) is 1.01. The van der Waals surface area contributed by atoms with Crippen molar-refractivity contribution in [2.75, 3.05) is 0 Å². The minimum atomic E-state index is 0.0880. The number of aromatic nitrogens is 2. The normalized spacial score (nSPS) is 13.8. The standard InChI is InChI=1S/C4H6N2OS/c1-3(8)4-2-5-6-7-4/h2-3,8H,1H3. The summed E-state index contributed by atoms with van der Waals surface area (Å²) in [5.41, 5.74) is 0. The molecule has 0 saturated carbocycles. The SMILES string of the molecule is CC(S)c1cnno1. The molecule has 1 heterocycles. The van der Waals surface area contributed by atoms with Crippen LogP contribution >= 0.6 is 12.6 Å². The van der Waals surface area contributed by atoms with Crippen LogP contribution in [0.4, 0.5) is 0 Å². The van der Waals surface area contributed by atoms with Gasteiger partial charge in [-0.05, 0) is 6.92 Å². The molecule has 0 amide bonds. The summed E-state index contributed by atoms with van der Waals surface area (Å²) in [6.07, 6.45) is 1.55. The molecule has 0 aliphatic rings. The fourth-order valence-corrected chi connectivity index (χ4v) is 0.473. The molecule has 0 aromatic carbocycles. The Morgan fingerprint density at radius 2 is 2.62 bits per heavy atom. The summed E-state index contributed by atoms with van der Waals surface area (Å²) in [7, 11) is 0. The Hall–Kier alpha value is -0.510. The zero-order chi connectivity index (χ0) is 5.98. The van der Waals surface area contributed by atoms with Crippen molar-refractivity contribution in [1.82, 2.24) is 10.4 Å². The highest BCUT2D eigenvalue weighted by molar-refractivity contribution is 7.80. The maximum atomic E-state index is 4.66. The first-order valence-electron chi connectivity index (χ1n) is 2.26. The topological polar surface area (TPSA) is 38.9 Å². The molecule has 0 aliphatic carbocycles. The van der Waals surface area contributed by atoms with Crippen LogP contribution in [0.2, 0.25) is 0 Å².